The molecule has 9 nitrogen and oxygen atoms in total. The Bertz CT molecular complexity index is 1060. The highest BCUT2D eigenvalue weighted by atomic mass is 19.4. The number of nitrogens with two attached hydrogens (primary N) is 1. The van der Waals surface area contributed by atoms with Crippen molar-refractivity contribution in [3.63, 3.8) is 0 Å². The fourth-order valence-electron chi connectivity index (χ4n) is 5.59. The lowest BCUT2D eigenvalue weighted by Crippen LogP contribution is -2.58. The van der Waals surface area contributed by atoms with Crippen molar-refractivity contribution in [2.24, 2.45) is 17.6 Å². The number of carbonyl (C=O) groups excluding carboxylic acids is 1. The van der Waals surface area contributed by atoms with E-state index in [1.807, 2.05) is 13.0 Å². The Balaban J connectivity index is 1.47. The van der Waals surface area contributed by atoms with Gasteiger partial charge in [0.2, 0.25) is 5.91 Å². The molecule has 1 saturated carbocycles. The van der Waals surface area contributed by atoms with E-state index in [9.17, 15) is 28.2 Å². The molecule has 2 fully saturated rings. The van der Waals surface area contributed by atoms with Crippen LogP contribution in [-0.4, -0.2) is 86.2 Å². The Kier molecular flexibility index (Phi) is 7.77. The molecular weight excluding hydrogens is 477 g/mol. The highest BCUT2D eigenvalue weighted by Crippen LogP contribution is 2.40. The molecule has 1 aliphatic heterocycles. The summed E-state index contributed by atoms with van der Waals surface area (Å²) in [4.78, 5) is 23.9. The van der Waals surface area contributed by atoms with Crippen LogP contribution in [0.4, 0.5) is 19.0 Å². The number of likely N-dealkylation sites (tertiary alicyclic amines) is 1. The van der Waals surface area contributed by atoms with Crippen LogP contribution in [0.15, 0.2) is 18.6 Å². The van der Waals surface area contributed by atoms with Gasteiger partial charge >= 0.3 is 6.18 Å². The third-order valence-electron chi connectivity index (χ3n) is 7.74. The molecule has 0 spiro atoms. The number of primary amides is 1. The van der Waals surface area contributed by atoms with Gasteiger partial charge in [0, 0.05) is 32.4 Å². The lowest BCUT2D eigenvalue weighted by atomic mass is 9.81. The molecular formula is C24H35F3N6O3. The van der Waals surface area contributed by atoms with E-state index >= 15 is 0 Å². The lowest BCUT2D eigenvalue weighted by molar-refractivity contribution is -0.183. The molecule has 4 rings (SSSR count). The Hall–Kier alpha value is -2.44. The van der Waals surface area contributed by atoms with Gasteiger partial charge in [0.15, 0.2) is 0 Å². The molecule has 2 aromatic rings. The topological polar surface area (TPSA) is 121 Å². The van der Waals surface area contributed by atoms with Crippen LogP contribution >= 0.6 is 0 Å². The third kappa shape index (κ3) is 5.76. The number of aliphatic hydroxyl groups is 2. The number of alkyl halides is 3. The van der Waals surface area contributed by atoms with E-state index in [0.717, 1.165) is 5.39 Å². The predicted molar refractivity (Wildman–Crippen MR) is 128 cm³/mol. The first kappa shape index (κ1) is 26.6. The number of nitrogens with zero attached hydrogens (tertiary/aromatic N) is 5. The number of fused-ring (bicyclic) bond motifs is 1. The fraction of sp³-hybridized carbons (Fsp3) is 0.708. The average Bonchev–Trinajstić information content (AvgIpc) is 3.22. The second kappa shape index (κ2) is 10.5. The van der Waals surface area contributed by atoms with Crippen molar-refractivity contribution in [1.29, 1.82) is 0 Å². The predicted octanol–water partition coefficient (Wildman–Crippen LogP) is 1.91. The van der Waals surface area contributed by atoms with Crippen molar-refractivity contribution in [3.05, 3.63) is 18.6 Å². The average molecular weight is 513 g/mol. The number of anilines is 1. The highest BCUT2D eigenvalue weighted by molar-refractivity contribution is 5.87. The van der Waals surface area contributed by atoms with Crippen molar-refractivity contribution in [1.82, 2.24) is 19.4 Å². The number of piperidine rings is 1. The maximum Gasteiger partial charge on any atom is 0.391 e. The minimum Gasteiger partial charge on any atom is -0.389 e. The number of rotatable bonds is 8. The van der Waals surface area contributed by atoms with Crippen LogP contribution in [0.2, 0.25) is 0 Å². The first-order valence-corrected chi connectivity index (χ1v) is 12.5. The molecule has 2 aromatic heterocycles. The van der Waals surface area contributed by atoms with Crippen LogP contribution in [0.5, 0.6) is 0 Å². The molecule has 2 aliphatic rings. The smallest absolute Gasteiger partial charge is 0.389 e. The van der Waals surface area contributed by atoms with Crippen molar-refractivity contribution in [3.8, 4) is 0 Å². The van der Waals surface area contributed by atoms with Gasteiger partial charge in [0.05, 0.1) is 30.5 Å². The summed E-state index contributed by atoms with van der Waals surface area (Å²) in [6.45, 7) is 3.97. The van der Waals surface area contributed by atoms with Crippen LogP contribution in [-0.2, 0) is 11.3 Å². The number of halogens is 3. The summed E-state index contributed by atoms with van der Waals surface area (Å²) in [5.74, 6) is -0.810. The maximum atomic E-state index is 13.0. The molecule has 1 saturated heterocycles. The molecule has 0 unspecified atom stereocenters. The van der Waals surface area contributed by atoms with Gasteiger partial charge in [-0.15, -0.1) is 0 Å². The zero-order valence-corrected chi connectivity index (χ0v) is 20.5. The molecule has 3 heterocycles. The number of aromatic nitrogens is 3. The Labute approximate surface area is 208 Å². The largest absolute Gasteiger partial charge is 0.391 e. The molecule has 0 radical (unpaired) electrons. The van der Waals surface area contributed by atoms with Crippen LogP contribution in [0.25, 0.3) is 11.0 Å². The van der Waals surface area contributed by atoms with E-state index in [-0.39, 0.29) is 44.8 Å². The molecule has 2 atom stereocenters. The van der Waals surface area contributed by atoms with Crippen LogP contribution in [0.1, 0.15) is 39.0 Å². The summed E-state index contributed by atoms with van der Waals surface area (Å²) in [5.41, 5.74) is 4.46. The normalized spacial score (nSPS) is 27.9. The van der Waals surface area contributed by atoms with Crippen molar-refractivity contribution in [2.45, 2.75) is 63.5 Å². The molecule has 12 heteroatoms. The van der Waals surface area contributed by atoms with Crippen LogP contribution < -0.4 is 10.6 Å². The van der Waals surface area contributed by atoms with E-state index in [1.54, 1.807) is 15.7 Å². The quantitative estimate of drug-likeness (QED) is 0.494. The van der Waals surface area contributed by atoms with Gasteiger partial charge in [-0.2, -0.15) is 13.2 Å². The molecule has 1 amide bonds. The monoisotopic (exact) mass is 512 g/mol. The summed E-state index contributed by atoms with van der Waals surface area (Å²) in [7, 11) is 0. The van der Waals surface area contributed by atoms with Crippen molar-refractivity contribution in [2.75, 3.05) is 37.6 Å². The van der Waals surface area contributed by atoms with Gasteiger partial charge in [-0.05, 0) is 51.0 Å². The number of amides is 1. The van der Waals surface area contributed by atoms with E-state index in [2.05, 4.69) is 14.9 Å². The van der Waals surface area contributed by atoms with Gasteiger partial charge < -0.3 is 25.4 Å². The minimum absolute atomic E-state index is 0.0287. The zero-order valence-electron chi connectivity index (χ0n) is 20.5. The first-order valence-electron chi connectivity index (χ1n) is 12.5. The first-order chi connectivity index (χ1) is 17.0. The van der Waals surface area contributed by atoms with E-state index in [0.29, 0.717) is 43.9 Å². The third-order valence-corrected chi connectivity index (χ3v) is 7.74. The highest BCUT2D eigenvalue weighted by Gasteiger charge is 2.42. The summed E-state index contributed by atoms with van der Waals surface area (Å²) < 4.78 is 40.9. The molecule has 0 bridgehead atoms. The second-order valence-electron chi connectivity index (χ2n) is 10.2. The Morgan fingerprint density at radius 2 is 2.00 bits per heavy atom. The maximum absolute atomic E-state index is 13.0. The summed E-state index contributed by atoms with van der Waals surface area (Å²) >= 11 is 0. The Morgan fingerprint density at radius 1 is 1.28 bits per heavy atom. The van der Waals surface area contributed by atoms with E-state index in [4.69, 9.17) is 5.73 Å². The summed E-state index contributed by atoms with van der Waals surface area (Å²) in [6.07, 6.45) is -0.268. The second-order valence-corrected chi connectivity index (χ2v) is 10.2. The fourth-order valence-corrected chi connectivity index (χ4v) is 5.59. The number of aliphatic hydroxyl groups excluding tert-OH is 1. The van der Waals surface area contributed by atoms with Gasteiger partial charge in [-0.25, -0.2) is 9.97 Å². The van der Waals surface area contributed by atoms with Crippen LogP contribution in [0.3, 0.4) is 0 Å². The van der Waals surface area contributed by atoms with E-state index in [1.165, 1.54) is 6.33 Å². The molecule has 36 heavy (non-hydrogen) atoms. The number of carbonyl (C=O) groups is 1. The van der Waals surface area contributed by atoms with Crippen molar-refractivity contribution < 1.29 is 28.2 Å². The molecule has 200 valence electrons. The summed E-state index contributed by atoms with van der Waals surface area (Å²) in [5, 5.41) is 22.6. The Morgan fingerprint density at radius 3 is 2.61 bits per heavy atom. The molecule has 4 N–H and O–H groups in total. The number of β-amino-alcohol motifs (C(OH)–C–C–N with tert-alkyl or cyclic N) is 1. The number of hydrogen-bond acceptors (Lipinski definition) is 7. The molecule has 1 aliphatic carbocycles. The number of hydrogen-bond donors (Lipinski definition) is 3. The minimum atomic E-state index is -4.12. The SMILES string of the molecule is CCN(CC1CCC(C(F)(F)F)CC1)c1ncnc2c1ccn2C[C@@]1(O)CCN(CC(N)=O)C[C@H]1O. The van der Waals surface area contributed by atoms with Crippen molar-refractivity contribution >= 4 is 22.8 Å². The lowest BCUT2D eigenvalue weighted by Gasteiger charge is -2.42. The van der Waals surface area contributed by atoms with E-state index < -0.39 is 29.7 Å². The van der Waals surface area contributed by atoms with Gasteiger partial charge in [-0.3, -0.25) is 9.69 Å². The molecule has 0 aromatic carbocycles. The van der Waals surface area contributed by atoms with Crippen LogP contribution in [0, 0.1) is 11.8 Å². The summed E-state index contributed by atoms with van der Waals surface area (Å²) in [6, 6.07) is 1.87. The standard InChI is InChI=1S/C24H35F3N6O3/c1-2-32(11-16-3-5-17(6-4-16)24(25,26)27)21-18-7-9-33(22(18)30-15-29-21)14-23(36)8-10-31(12-19(23)34)13-20(28)35/h7,9,15-17,19,34,36H,2-6,8,10-14H2,1H3,(H2,28,35)/t16?,17?,19-,23+/m1/s1. The zero-order chi connectivity index (χ0) is 26.1. The van der Waals surface area contributed by atoms with Gasteiger partial charge in [-0.1, -0.05) is 0 Å². The van der Waals surface area contributed by atoms with Gasteiger partial charge in [0.1, 0.15) is 23.4 Å². The van der Waals surface area contributed by atoms with Gasteiger partial charge in [0.25, 0.3) is 0 Å².